The smallest absolute Gasteiger partial charge is 0.425 e. The first-order valence-corrected chi connectivity index (χ1v) is 14.8. The average Bonchev–Trinajstić information content (AvgIpc) is 3.40. The molecule has 2 atom stereocenters. The highest BCUT2D eigenvalue weighted by Crippen LogP contribution is 2.34. The summed E-state index contributed by atoms with van der Waals surface area (Å²) in [5, 5.41) is 3.88. The van der Waals surface area contributed by atoms with Gasteiger partial charge in [0.15, 0.2) is 11.3 Å². The summed E-state index contributed by atoms with van der Waals surface area (Å²) in [5.74, 6) is -0.279. The minimum Gasteiger partial charge on any atom is -0.497 e. The summed E-state index contributed by atoms with van der Waals surface area (Å²) in [7, 11) is 1.47. The zero-order chi connectivity index (χ0) is 33.9. The predicted octanol–water partition coefficient (Wildman–Crippen LogP) is 4.18. The van der Waals surface area contributed by atoms with E-state index >= 15 is 0 Å². The summed E-state index contributed by atoms with van der Waals surface area (Å²) >= 11 is 0. The summed E-state index contributed by atoms with van der Waals surface area (Å²) in [4.78, 5) is 37.1. The number of carbonyl (C=O) groups excluding carboxylic acids is 1. The maximum absolute atomic E-state index is 14.0. The van der Waals surface area contributed by atoms with E-state index in [-0.39, 0.29) is 31.0 Å². The van der Waals surface area contributed by atoms with Gasteiger partial charge in [0.25, 0.3) is 11.5 Å². The number of amides is 1. The third-order valence-corrected chi connectivity index (χ3v) is 7.99. The Morgan fingerprint density at radius 3 is 2.17 bits per heavy atom. The molecule has 0 aliphatic carbocycles. The van der Waals surface area contributed by atoms with Gasteiger partial charge in [0, 0.05) is 44.5 Å². The number of nitrogens with zero attached hydrogens (tertiary/aromatic N) is 6. The summed E-state index contributed by atoms with van der Waals surface area (Å²) in [5.41, 5.74) is -3.26. The predicted molar refractivity (Wildman–Crippen MR) is 154 cm³/mol. The lowest BCUT2D eigenvalue weighted by molar-refractivity contribution is -0.142. The minimum absolute atomic E-state index is 0.125. The van der Waals surface area contributed by atoms with Crippen LogP contribution in [-0.4, -0.2) is 82.2 Å². The summed E-state index contributed by atoms with van der Waals surface area (Å²) in [6.45, 7) is 2.32. The number of hydrogen-bond donors (Lipinski definition) is 0. The second-order valence-electron chi connectivity index (χ2n) is 11.3. The lowest BCUT2D eigenvalue weighted by Gasteiger charge is -2.36. The van der Waals surface area contributed by atoms with Crippen LogP contribution in [0, 0.1) is 0 Å². The van der Waals surface area contributed by atoms with Gasteiger partial charge in [-0.15, -0.1) is 0 Å². The largest absolute Gasteiger partial charge is 0.497 e. The van der Waals surface area contributed by atoms with Crippen molar-refractivity contribution in [3.63, 3.8) is 0 Å². The Morgan fingerprint density at radius 2 is 1.57 bits per heavy atom. The van der Waals surface area contributed by atoms with Gasteiger partial charge in [-0.05, 0) is 37.5 Å². The van der Waals surface area contributed by atoms with Crippen molar-refractivity contribution in [3.05, 3.63) is 69.9 Å². The van der Waals surface area contributed by atoms with Crippen LogP contribution in [0.15, 0.2) is 47.7 Å². The fraction of sp³-hybridized carbons (Fsp3) is 0.500. The standard InChI is InChI=1S/C30H32F6N6O5/c1-18(47-24-15-39-42(27(44)25(24)30(34,35)36)16-19-3-5-22(45-2)6-4-19)17-46-23-9-12-41(26(23)43)21-7-10-40(11-8-21)28-37-13-20(14-38-28)29(31,32)33/h3-6,13-15,18,21,23H,7-12,16-17H2,1-2H3/t18-,23?/m0/s1. The van der Waals surface area contributed by atoms with Crippen LogP contribution in [0.2, 0.25) is 0 Å². The molecule has 254 valence electrons. The molecule has 2 aromatic heterocycles. The van der Waals surface area contributed by atoms with E-state index in [1.54, 1.807) is 34.1 Å². The quantitative estimate of drug-likeness (QED) is 0.294. The van der Waals surface area contributed by atoms with Crippen molar-refractivity contribution in [1.82, 2.24) is 24.6 Å². The molecule has 11 nitrogen and oxygen atoms in total. The molecule has 2 aliphatic rings. The molecule has 1 aromatic carbocycles. The molecule has 5 rings (SSSR count). The Bertz CT molecular complexity index is 1590. The molecular weight excluding hydrogens is 638 g/mol. The highest BCUT2D eigenvalue weighted by atomic mass is 19.4. The zero-order valence-corrected chi connectivity index (χ0v) is 25.4. The van der Waals surface area contributed by atoms with Gasteiger partial charge in [-0.2, -0.15) is 31.4 Å². The third kappa shape index (κ3) is 7.94. The van der Waals surface area contributed by atoms with Crippen LogP contribution in [0.3, 0.4) is 0 Å². The maximum Gasteiger partial charge on any atom is 0.425 e. The number of halogens is 6. The molecule has 2 saturated heterocycles. The fourth-order valence-electron chi connectivity index (χ4n) is 5.54. The monoisotopic (exact) mass is 670 g/mol. The Labute approximate surface area is 265 Å². The maximum atomic E-state index is 14.0. The average molecular weight is 671 g/mol. The van der Waals surface area contributed by atoms with Crippen LogP contribution >= 0.6 is 0 Å². The summed E-state index contributed by atoms with van der Waals surface area (Å²) in [6, 6.07) is 6.32. The first kappa shape index (κ1) is 33.9. The van der Waals surface area contributed by atoms with Gasteiger partial charge in [0.1, 0.15) is 18.0 Å². The first-order valence-electron chi connectivity index (χ1n) is 14.8. The molecule has 2 fully saturated rings. The van der Waals surface area contributed by atoms with E-state index in [1.165, 1.54) is 14.0 Å². The molecule has 2 aliphatic heterocycles. The Kier molecular flexibility index (Phi) is 9.93. The fourth-order valence-corrected chi connectivity index (χ4v) is 5.54. The van der Waals surface area contributed by atoms with Gasteiger partial charge < -0.3 is 24.0 Å². The number of carbonyl (C=O) groups is 1. The number of methoxy groups -OCH3 is 1. The van der Waals surface area contributed by atoms with Crippen LogP contribution in [0.4, 0.5) is 32.3 Å². The van der Waals surface area contributed by atoms with Gasteiger partial charge in [0.2, 0.25) is 5.95 Å². The Hall–Kier alpha value is -4.41. The van der Waals surface area contributed by atoms with Gasteiger partial charge in [-0.1, -0.05) is 12.1 Å². The van der Waals surface area contributed by atoms with Crippen LogP contribution in [-0.2, 0) is 28.4 Å². The number of benzene rings is 1. The van der Waals surface area contributed by atoms with Crippen molar-refractivity contribution < 1.29 is 45.3 Å². The number of piperidine rings is 1. The molecule has 17 heteroatoms. The second kappa shape index (κ2) is 13.8. The summed E-state index contributed by atoms with van der Waals surface area (Å²) in [6.07, 6.45) is -7.56. The SMILES string of the molecule is COc1ccc(Cn2ncc(O[C@@H](C)COC3CCN(C4CCN(c5ncc(C(F)(F)F)cn5)CC4)C3=O)c(C(F)(F)F)c2=O)cc1. The molecule has 3 aromatic rings. The van der Waals surface area contributed by atoms with Gasteiger partial charge >= 0.3 is 12.4 Å². The molecule has 0 radical (unpaired) electrons. The van der Waals surface area contributed by atoms with Crippen molar-refractivity contribution in [3.8, 4) is 11.5 Å². The molecule has 1 unspecified atom stereocenters. The zero-order valence-electron chi connectivity index (χ0n) is 25.4. The lowest BCUT2D eigenvalue weighted by atomic mass is 10.0. The van der Waals surface area contributed by atoms with Crippen LogP contribution in [0.5, 0.6) is 11.5 Å². The summed E-state index contributed by atoms with van der Waals surface area (Å²) < 4.78 is 97.4. The van der Waals surface area contributed by atoms with E-state index < -0.39 is 47.0 Å². The first-order chi connectivity index (χ1) is 22.2. The van der Waals surface area contributed by atoms with E-state index in [2.05, 4.69) is 15.1 Å². The molecule has 4 heterocycles. The van der Waals surface area contributed by atoms with E-state index in [9.17, 15) is 35.9 Å². The van der Waals surface area contributed by atoms with Gasteiger partial charge in [-0.3, -0.25) is 9.59 Å². The molecule has 0 N–H and O–H groups in total. The van der Waals surface area contributed by atoms with Crippen LogP contribution in [0.25, 0.3) is 0 Å². The van der Waals surface area contributed by atoms with Crippen LogP contribution < -0.4 is 19.9 Å². The number of hydrogen-bond acceptors (Lipinski definition) is 9. The Balaban J connectivity index is 1.14. The number of rotatable bonds is 10. The van der Waals surface area contributed by atoms with E-state index in [1.807, 2.05) is 0 Å². The highest BCUT2D eigenvalue weighted by molar-refractivity contribution is 5.83. The molecule has 0 bridgehead atoms. The van der Waals surface area contributed by atoms with Crippen molar-refractivity contribution >= 4 is 11.9 Å². The van der Waals surface area contributed by atoms with E-state index in [4.69, 9.17) is 14.2 Å². The highest BCUT2D eigenvalue weighted by Gasteiger charge is 2.41. The second-order valence-corrected chi connectivity index (χ2v) is 11.3. The molecule has 1 amide bonds. The lowest BCUT2D eigenvalue weighted by Crippen LogP contribution is -2.47. The number of aromatic nitrogens is 4. The van der Waals surface area contributed by atoms with Gasteiger partial charge in [0.05, 0.1) is 32.0 Å². The number of anilines is 1. The van der Waals surface area contributed by atoms with Crippen LogP contribution in [0.1, 0.15) is 42.9 Å². The Morgan fingerprint density at radius 1 is 0.915 bits per heavy atom. The topological polar surface area (TPSA) is 112 Å². The molecule has 0 saturated carbocycles. The molecular formula is C30H32F6N6O5. The van der Waals surface area contributed by atoms with Gasteiger partial charge in [-0.25, -0.2) is 14.6 Å². The van der Waals surface area contributed by atoms with E-state index in [0.717, 1.165) is 18.6 Å². The number of likely N-dealkylation sites (tertiary alicyclic amines) is 1. The van der Waals surface area contributed by atoms with Crippen molar-refractivity contribution in [2.45, 2.75) is 63.3 Å². The third-order valence-electron chi connectivity index (χ3n) is 7.99. The van der Waals surface area contributed by atoms with Crippen molar-refractivity contribution in [1.29, 1.82) is 0 Å². The number of ether oxygens (including phenoxy) is 3. The molecule has 0 spiro atoms. The van der Waals surface area contributed by atoms with E-state index in [0.29, 0.717) is 54.9 Å². The molecule has 47 heavy (non-hydrogen) atoms. The number of alkyl halides is 6. The van der Waals surface area contributed by atoms with Crippen molar-refractivity contribution in [2.75, 3.05) is 38.3 Å². The minimum atomic E-state index is -5.02. The van der Waals surface area contributed by atoms with Crippen molar-refractivity contribution in [2.24, 2.45) is 0 Å². The normalized spacial score (nSPS) is 18.5.